The molecular formula is C11H21N2O8P. The Morgan fingerprint density at radius 3 is 2.18 bits per heavy atom. The molecule has 2 atom stereocenters. The summed E-state index contributed by atoms with van der Waals surface area (Å²) in [5.74, 6) is -2.83. The molecule has 10 nitrogen and oxygen atoms in total. The van der Waals surface area contributed by atoms with Crippen LogP contribution in [0.2, 0.25) is 0 Å². The number of carboxylic acids is 1. The number of carboxylic acid groups (broad SMARTS) is 1. The molecule has 0 heterocycles. The largest absolute Gasteiger partial charge is 0.481 e. The maximum Gasteiger partial charge on any atom is 0.405 e. The molecule has 1 amide bonds. The molecule has 0 rings (SSSR count). The first-order chi connectivity index (χ1) is 10.2. The van der Waals surface area contributed by atoms with Crippen LogP contribution in [-0.2, 0) is 32.7 Å². The number of ether oxygens (including phenoxy) is 1. The number of hydrogen-bond acceptors (Lipinski definition) is 7. The van der Waals surface area contributed by atoms with Gasteiger partial charge in [-0.3, -0.25) is 9.59 Å². The van der Waals surface area contributed by atoms with Gasteiger partial charge in [0.15, 0.2) is 0 Å². The molecule has 0 radical (unpaired) electrons. The normalized spacial score (nSPS) is 14.0. The van der Waals surface area contributed by atoms with Gasteiger partial charge in [-0.1, -0.05) is 0 Å². The molecule has 22 heavy (non-hydrogen) atoms. The lowest BCUT2D eigenvalue weighted by Gasteiger charge is -2.22. The van der Waals surface area contributed by atoms with Crippen LogP contribution >= 0.6 is 7.75 Å². The van der Waals surface area contributed by atoms with E-state index in [1.165, 1.54) is 6.92 Å². The molecule has 11 heteroatoms. The highest BCUT2D eigenvalue weighted by Crippen LogP contribution is 2.42. The van der Waals surface area contributed by atoms with E-state index >= 15 is 0 Å². The predicted molar refractivity (Wildman–Crippen MR) is 75.0 cm³/mol. The number of hydrogen-bond donors (Lipinski definition) is 3. The second-order valence-electron chi connectivity index (χ2n) is 4.12. The fourth-order valence-electron chi connectivity index (χ4n) is 1.38. The van der Waals surface area contributed by atoms with Crippen molar-refractivity contribution < 1.29 is 37.8 Å². The number of amides is 1. The number of rotatable bonds is 10. The van der Waals surface area contributed by atoms with Crippen LogP contribution in [0.5, 0.6) is 0 Å². The van der Waals surface area contributed by atoms with Gasteiger partial charge in [0.1, 0.15) is 12.1 Å². The van der Waals surface area contributed by atoms with E-state index in [4.69, 9.17) is 9.84 Å². The molecule has 128 valence electrons. The summed E-state index contributed by atoms with van der Waals surface area (Å²) in [7, 11) is -1.66. The molecule has 0 saturated carbocycles. The van der Waals surface area contributed by atoms with Crippen LogP contribution in [0.4, 0.5) is 0 Å². The van der Waals surface area contributed by atoms with Gasteiger partial charge in [-0.05, 0) is 13.8 Å². The molecule has 0 aliphatic heterocycles. The standard InChI is InChI=1S/C11H21N2O8P/c1-5-21-11(17)7(2)12-10(16)8(6-9(14)15)13-22(18,19-3)20-4/h7-8H,5-6H2,1-4H3,(H,12,16)(H,13,18)(H,14,15)/t7-,8-/m0/s1. The van der Waals surface area contributed by atoms with E-state index in [2.05, 4.69) is 19.5 Å². The van der Waals surface area contributed by atoms with E-state index in [9.17, 15) is 18.9 Å². The summed E-state index contributed by atoms with van der Waals surface area (Å²) in [6.45, 7) is 3.12. The number of nitrogens with one attached hydrogen (secondary N) is 2. The Balaban J connectivity index is 4.95. The third-order valence-corrected chi connectivity index (χ3v) is 4.08. The van der Waals surface area contributed by atoms with Gasteiger partial charge in [0, 0.05) is 14.2 Å². The van der Waals surface area contributed by atoms with Gasteiger partial charge in [0.25, 0.3) is 0 Å². The van der Waals surface area contributed by atoms with E-state index in [0.717, 1.165) is 14.2 Å². The lowest BCUT2D eigenvalue weighted by Crippen LogP contribution is -2.49. The van der Waals surface area contributed by atoms with E-state index in [0.29, 0.717) is 0 Å². The van der Waals surface area contributed by atoms with E-state index in [-0.39, 0.29) is 6.61 Å². The zero-order valence-electron chi connectivity index (χ0n) is 12.8. The first kappa shape index (κ1) is 20.5. The van der Waals surface area contributed by atoms with Crippen LogP contribution in [-0.4, -0.2) is 55.9 Å². The summed E-state index contributed by atoms with van der Waals surface area (Å²) >= 11 is 0. The minimum absolute atomic E-state index is 0.137. The van der Waals surface area contributed by atoms with Gasteiger partial charge in [-0.2, -0.15) is 0 Å². The van der Waals surface area contributed by atoms with Crippen LogP contribution in [0.25, 0.3) is 0 Å². The topological polar surface area (TPSA) is 140 Å². The highest BCUT2D eigenvalue weighted by atomic mass is 31.2. The van der Waals surface area contributed by atoms with Gasteiger partial charge in [-0.25, -0.2) is 14.4 Å². The Hall–Kier alpha value is -1.48. The Kier molecular flexibility index (Phi) is 8.88. The SMILES string of the molecule is CCOC(=O)[C@H](C)NC(=O)[C@H](CC(=O)O)NP(=O)(OC)OC. The fourth-order valence-corrected chi connectivity index (χ4v) is 2.33. The summed E-state index contributed by atoms with van der Waals surface area (Å²) in [5.41, 5.74) is 0. The summed E-state index contributed by atoms with van der Waals surface area (Å²) in [5, 5.41) is 13.3. The summed E-state index contributed by atoms with van der Waals surface area (Å²) in [6.07, 6.45) is -0.682. The molecule has 3 N–H and O–H groups in total. The van der Waals surface area contributed by atoms with Crippen molar-refractivity contribution >= 4 is 25.6 Å². The number of carbonyl (C=O) groups is 3. The predicted octanol–water partition coefficient (Wildman–Crippen LogP) is -0.112. The lowest BCUT2D eigenvalue weighted by atomic mass is 10.2. The maximum atomic E-state index is 12.0. The van der Waals surface area contributed by atoms with Crippen molar-refractivity contribution in [1.29, 1.82) is 0 Å². The van der Waals surface area contributed by atoms with Crippen LogP contribution in [0.3, 0.4) is 0 Å². The van der Waals surface area contributed by atoms with E-state index < -0.39 is 44.1 Å². The molecule has 0 aromatic carbocycles. The minimum atomic E-state index is -3.82. The summed E-state index contributed by atoms with van der Waals surface area (Å²) in [6, 6.07) is -2.41. The Morgan fingerprint density at radius 2 is 1.77 bits per heavy atom. The average Bonchev–Trinajstić information content (AvgIpc) is 2.46. The van der Waals surface area contributed by atoms with E-state index in [1.54, 1.807) is 6.92 Å². The monoisotopic (exact) mass is 340 g/mol. The van der Waals surface area contributed by atoms with Crippen molar-refractivity contribution in [1.82, 2.24) is 10.4 Å². The molecule has 0 bridgehead atoms. The van der Waals surface area contributed by atoms with Crippen molar-refractivity contribution in [2.45, 2.75) is 32.4 Å². The van der Waals surface area contributed by atoms with Crippen LogP contribution < -0.4 is 10.4 Å². The lowest BCUT2D eigenvalue weighted by molar-refractivity contribution is -0.147. The Labute approximate surface area is 128 Å². The highest BCUT2D eigenvalue weighted by Gasteiger charge is 2.33. The first-order valence-corrected chi connectivity index (χ1v) is 7.91. The minimum Gasteiger partial charge on any atom is -0.481 e. The molecule has 0 aromatic heterocycles. The molecule has 0 aromatic rings. The van der Waals surface area contributed by atoms with Crippen molar-refractivity contribution in [2.24, 2.45) is 0 Å². The van der Waals surface area contributed by atoms with Crippen LogP contribution in [0.1, 0.15) is 20.3 Å². The summed E-state index contributed by atoms with van der Waals surface area (Å²) in [4.78, 5) is 34.3. The zero-order valence-corrected chi connectivity index (χ0v) is 13.7. The molecule has 0 saturated heterocycles. The van der Waals surface area contributed by atoms with Crippen LogP contribution in [0.15, 0.2) is 0 Å². The van der Waals surface area contributed by atoms with Crippen molar-refractivity contribution in [3.05, 3.63) is 0 Å². The second kappa shape index (κ2) is 9.52. The van der Waals surface area contributed by atoms with Crippen molar-refractivity contribution in [3.63, 3.8) is 0 Å². The molecule has 0 aliphatic carbocycles. The number of carbonyl (C=O) groups excluding carboxylic acids is 2. The van der Waals surface area contributed by atoms with Gasteiger partial charge >= 0.3 is 19.7 Å². The number of esters is 1. The van der Waals surface area contributed by atoms with Crippen molar-refractivity contribution in [3.8, 4) is 0 Å². The molecule has 0 aliphatic rings. The van der Waals surface area contributed by atoms with E-state index in [1.807, 2.05) is 0 Å². The smallest absolute Gasteiger partial charge is 0.405 e. The first-order valence-electron chi connectivity index (χ1n) is 6.37. The molecule has 0 spiro atoms. The van der Waals surface area contributed by atoms with Crippen molar-refractivity contribution in [2.75, 3.05) is 20.8 Å². The van der Waals surface area contributed by atoms with Gasteiger partial charge < -0.3 is 24.2 Å². The zero-order chi connectivity index (χ0) is 17.3. The average molecular weight is 340 g/mol. The molecular weight excluding hydrogens is 319 g/mol. The fraction of sp³-hybridized carbons (Fsp3) is 0.727. The third kappa shape index (κ3) is 6.99. The highest BCUT2D eigenvalue weighted by molar-refractivity contribution is 7.51. The van der Waals surface area contributed by atoms with Gasteiger partial charge in [0.2, 0.25) is 5.91 Å². The van der Waals surface area contributed by atoms with Crippen LogP contribution in [0, 0.1) is 0 Å². The third-order valence-electron chi connectivity index (χ3n) is 2.49. The number of aliphatic carboxylic acids is 1. The Morgan fingerprint density at radius 1 is 1.23 bits per heavy atom. The Bertz CT molecular complexity index is 447. The van der Waals surface area contributed by atoms with Gasteiger partial charge in [0.05, 0.1) is 13.0 Å². The second-order valence-corrected chi connectivity index (χ2v) is 6.11. The van der Waals surface area contributed by atoms with Gasteiger partial charge in [-0.15, -0.1) is 0 Å². The molecule has 0 fully saturated rings. The summed E-state index contributed by atoms with van der Waals surface area (Å²) < 4.78 is 25.9. The quantitative estimate of drug-likeness (QED) is 0.367. The molecule has 0 unspecified atom stereocenters. The maximum absolute atomic E-state index is 12.0.